The number of anilines is 1. The van der Waals surface area contributed by atoms with E-state index in [1.807, 2.05) is 13.0 Å². The largest absolute Gasteiger partial charge is 0.382 e. The number of benzene rings is 1. The van der Waals surface area contributed by atoms with Crippen LogP contribution in [0.1, 0.15) is 24.5 Å². The third-order valence-corrected chi connectivity index (χ3v) is 3.60. The van der Waals surface area contributed by atoms with Gasteiger partial charge in [0, 0.05) is 13.1 Å². The molecule has 1 aromatic heterocycles. The van der Waals surface area contributed by atoms with E-state index in [0.717, 1.165) is 12.8 Å². The number of halogens is 1. The van der Waals surface area contributed by atoms with Crippen molar-refractivity contribution in [1.82, 2.24) is 9.78 Å². The first-order chi connectivity index (χ1) is 10.1. The molecule has 2 rings (SSSR count). The smallest absolute Gasteiger partial charge is 0.287 e. The van der Waals surface area contributed by atoms with Crippen LogP contribution in [-0.2, 0) is 13.0 Å². The zero-order chi connectivity index (χ0) is 15.2. The first kappa shape index (κ1) is 15.6. The Balaban J connectivity index is 2.00. The van der Waals surface area contributed by atoms with Crippen LogP contribution < -0.4 is 10.9 Å². The van der Waals surface area contributed by atoms with Gasteiger partial charge in [-0.15, -0.1) is 0 Å². The van der Waals surface area contributed by atoms with Crippen LogP contribution in [0.2, 0.25) is 5.02 Å². The minimum Gasteiger partial charge on any atom is -0.382 e. The van der Waals surface area contributed by atoms with Crippen LogP contribution in [0.5, 0.6) is 0 Å². The van der Waals surface area contributed by atoms with Crippen molar-refractivity contribution in [3.63, 3.8) is 0 Å². The molecule has 0 saturated heterocycles. The van der Waals surface area contributed by atoms with Crippen LogP contribution >= 0.6 is 11.6 Å². The molecule has 0 fully saturated rings. The molecule has 1 aromatic carbocycles. The van der Waals surface area contributed by atoms with Gasteiger partial charge in [0.1, 0.15) is 5.02 Å². The van der Waals surface area contributed by atoms with Crippen LogP contribution in [0, 0.1) is 6.92 Å². The molecule has 0 radical (unpaired) electrons. The van der Waals surface area contributed by atoms with E-state index in [9.17, 15) is 4.79 Å². The quantitative estimate of drug-likeness (QED) is 0.891. The molecule has 0 bridgehead atoms. The highest BCUT2D eigenvalue weighted by atomic mass is 35.5. The van der Waals surface area contributed by atoms with Crippen molar-refractivity contribution in [2.45, 2.75) is 33.2 Å². The maximum atomic E-state index is 12.0. The Kier molecular flexibility index (Phi) is 5.39. The van der Waals surface area contributed by atoms with Gasteiger partial charge in [0.15, 0.2) is 0 Å². The molecule has 0 saturated carbocycles. The van der Waals surface area contributed by atoms with Gasteiger partial charge in [-0.25, -0.2) is 4.68 Å². The highest BCUT2D eigenvalue weighted by Gasteiger charge is 2.08. The Labute approximate surface area is 129 Å². The molecule has 0 unspecified atom stereocenters. The van der Waals surface area contributed by atoms with Crippen molar-refractivity contribution in [3.8, 4) is 0 Å². The Hall–Kier alpha value is -1.81. The number of nitrogens with zero attached hydrogens (tertiary/aromatic N) is 2. The van der Waals surface area contributed by atoms with Gasteiger partial charge in [-0.2, -0.15) is 5.10 Å². The zero-order valence-electron chi connectivity index (χ0n) is 12.4. The SMILES string of the molecule is CCCn1ncc(NCCc2cccc(C)c2)c(Cl)c1=O. The van der Waals surface area contributed by atoms with Crippen molar-refractivity contribution < 1.29 is 0 Å². The molecule has 4 nitrogen and oxygen atoms in total. The molecule has 0 spiro atoms. The van der Waals surface area contributed by atoms with Gasteiger partial charge in [-0.3, -0.25) is 4.79 Å². The number of nitrogens with one attached hydrogen (secondary N) is 1. The molecule has 1 N–H and O–H groups in total. The molecular formula is C16H20ClN3O. The van der Waals surface area contributed by atoms with Crippen molar-refractivity contribution in [3.05, 3.63) is 57.0 Å². The molecule has 1 heterocycles. The molecule has 0 amide bonds. The number of rotatable bonds is 6. The lowest BCUT2D eigenvalue weighted by atomic mass is 10.1. The Morgan fingerprint density at radius 3 is 2.90 bits per heavy atom. The average molecular weight is 306 g/mol. The van der Waals surface area contributed by atoms with Gasteiger partial charge < -0.3 is 5.32 Å². The second-order valence-corrected chi connectivity index (χ2v) is 5.44. The summed E-state index contributed by atoms with van der Waals surface area (Å²) >= 11 is 6.11. The van der Waals surface area contributed by atoms with Crippen molar-refractivity contribution in [2.75, 3.05) is 11.9 Å². The number of hydrogen-bond acceptors (Lipinski definition) is 3. The normalized spacial score (nSPS) is 10.6. The fourth-order valence-electron chi connectivity index (χ4n) is 2.17. The predicted octanol–water partition coefficient (Wildman–Crippen LogP) is 3.27. The van der Waals surface area contributed by atoms with E-state index in [-0.39, 0.29) is 10.6 Å². The topological polar surface area (TPSA) is 46.9 Å². The van der Waals surface area contributed by atoms with E-state index in [4.69, 9.17) is 11.6 Å². The third kappa shape index (κ3) is 4.08. The van der Waals surface area contributed by atoms with Crippen molar-refractivity contribution in [1.29, 1.82) is 0 Å². The number of aromatic nitrogens is 2. The van der Waals surface area contributed by atoms with E-state index >= 15 is 0 Å². The monoisotopic (exact) mass is 305 g/mol. The molecule has 5 heteroatoms. The van der Waals surface area contributed by atoms with Gasteiger partial charge in [0.25, 0.3) is 5.56 Å². The maximum absolute atomic E-state index is 12.0. The summed E-state index contributed by atoms with van der Waals surface area (Å²) in [6.45, 7) is 5.37. The molecule has 21 heavy (non-hydrogen) atoms. The molecule has 0 atom stereocenters. The lowest BCUT2D eigenvalue weighted by Crippen LogP contribution is -2.24. The van der Waals surface area contributed by atoms with Crippen LogP contribution in [0.4, 0.5) is 5.69 Å². The summed E-state index contributed by atoms with van der Waals surface area (Å²) in [4.78, 5) is 12.0. The molecule has 0 aliphatic carbocycles. The standard InChI is InChI=1S/C16H20ClN3O/c1-3-9-20-16(21)15(17)14(11-19-20)18-8-7-13-6-4-5-12(2)10-13/h4-6,10-11,18H,3,7-9H2,1-2H3. The molecule has 112 valence electrons. The Bertz CT molecular complexity index is 667. The summed E-state index contributed by atoms with van der Waals surface area (Å²) in [5, 5.41) is 7.52. The minimum absolute atomic E-state index is 0.211. The van der Waals surface area contributed by atoms with E-state index < -0.39 is 0 Å². The minimum atomic E-state index is -0.237. The predicted molar refractivity (Wildman–Crippen MR) is 87.2 cm³/mol. The highest BCUT2D eigenvalue weighted by Crippen LogP contribution is 2.15. The highest BCUT2D eigenvalue weighted by molar-refractivity contribution is 6.32. The molecule has 2 aromatic rings. The second kappa shape index (κ2) is 7.27. The van der Waals surface area contributed by atoms with Crippen LogP contribution in [0.15, 0.2) is 35.3 Å². The molecule has 0 aliphatic heterocycles. The summed E-state index contributed by atoms with van der Waals surface area (Å²) < 4.78 is 1.40. The maximum Gasteiger partial charge on any atom is 0.287 e. The number of hydrogen-bond donors (Lipinski definition) is 1. The van der Waals surface area contributed by atoms with Gasteiger partial charge in [-0.1, -0.05) is 48.4 Å². The van der Waals surface area contributed by atoms with Gasteiger partial charge in [-0.05, 0) is 25.3 Å². The lowest BCUT2D eigenvalue weighted by Gasteiger charge is -2.10. The Morgan fingerprint density at radius 2 is 2.19 bits per heavy atom. The summed E-state index contributed by atoms with van der Waals surface area (Å²) in [7, 11) is 0. The third-order valence-electron chi connectivity index (χ3n) is 3.23. The number of aryl methyl sites for hydroxylation is 2. The van der Waals surface area contributed by atoms with Gasteiger partial charge in [0.05, 0.1) is 11.9 Å². The first-order valence-corrected chi connectivity index (χ1v) is 7.54. The van der Waals surface area contributed by atoms with E-state index in [2.05, 4.69) is 35.5 Å². The fraction of sp³-hybridized carbons (Fsp3) is 0.375. The van der Waals surface area contributed by atoms with Gasteiger partial charge in [0.2, 0.25) is 0 Å². The first-order valence-electron chi connectivity index (χ1n) is 7.17. The van der Waals surface area contributed by atoms with E-state index in [1.54, 1.807) is 6.20 Å². The van der Waals surface area contributed by atoms with E-state index in [0.29, 0.717) is 18.8 Å². The van der Waals surface area contributed by atoms with E-state index in [1.165, 1.54) is 15.8 Å². The van der Waals surface area contributed by atoms with Crippen LogP contribution in [-0.4, -0.2) is 16.3 Å². The van der Waals surface area contributed by atoms with Crippen LogP contribution in [0.3, 0.4) is 0 Å². The van der Waals surface area contributed by atoms with Crippen molar-refractivity contribution >= 4 is 17.3 Å². The second-order valence-electron chi connectivity index (χ2n) is 5.07. The fourth-order valence-corrected chi connectivity index (χ4v) is 2.38. The summed E-state index contributed by atoms with van der Waals surface area (Å²) in [5.74, 6) is 0. The van der Waals surface area contributed by atoms with Crippen molar-refractivity contribution in [2.24, 2.45) is 0 Å². The summed E-state index contributed by atoms with van der Waals surface area (Å²) in [5.41, 5.74) is 2.86. The average Bonchev–Trinajstić information content (AvgIpc) is 2.47. The molecule has 0 aliphatic rings. The summed E-state index contributed by atoms with van der Waals surface area (Å²) in [6.07, 6.45) is 3.34. The Morgan fingerprint density at radius 1 is 1.38 bits per heavy atom. The zero-order valence-corrected chi connectivity index (χ0v) is 13.2. The summed E-state index contributed by atoms with van der Waals surface area (Å²) in [6, 6.07) is 8.37. The lowest BCUT2D eigenvalue weighted by molar-refractivity contribution is 0.568. The van der Waals surface area contributed by atoms with Crippen LogP contribution in [0.25, 0.3) is 0 Å². The molecular weight excluding hydrogens is 286 g/mol. The van der Waals surface area contributed by atoms with Gasteiger partial charge >= 0.3 is 0 Å².